The highest BCUT2D eigenvalue weighted by Crippen LogP contribution is 2.48. The first-order valence-electron chi connectivity index (χ1n) is 9.98. The average Bonchev–Trinajstić information content (AvgIpc) is 2.57. The fourth-order valence-electron chi connectivity index (χ4n) is 4.56. The van der Waals surface area contributed by atoms with Crippen molar-refractivity contribution in [3.8, 4) is 5.75 Å². The van der Waals surface area contributed by atoms with Crippen LogP contribution in [0.4, 0.5) is 0 Å². The van der Waals surface area contributed by atoms with Crippen molar-refractivity contribution in [1.29, 1.82) is 0 Å². The van der Waals surface area contributed by atoms with Gasteiger partial charge in [0.1, 0.15) is 17.3 Å². The number of carbonyl (C=O) groups excluding carboxylic acids is 2. The highest BCUT2D eigenvalue weighted by molar-refractivity contribution is 6.05. The summed E-state index contributed by atoms with van der Waals surface area (Å²) < 4.78 is 5.33. The highest BCUT2D eigenvalue weighted by atomic mass is 16.5. The van der Waals surface area contributed by atoms with E-state index in [-0.39, 0.29) is 57.9 Å². The van der Waals surface area contributed by atoms with Gasteiger partial charge in [0, 0.05) is 42.7 Å². The van der Waals surface area contributed by atoms with Crippen molar-refractivity contribution >= 4 is 11.6 Å². The summed E-state index contributed by atoms with van der Waals surface area (Å²) in [5.41, 5.74) is 0.380. The van der Waals surface area contributed by atoms with Crippen molar-refractivity contribution in [2.24, 2.45) is 10.8 Å². The standard InChI is InChI=1S/C24H30O5/c1-23(2)10-16(25)21(17(26)11-23)20(14-7-6-8-15(9-14)29-5)22-18(27)12-24(3,4)13-19(22)28/h6-9,20,25,27H,10-13H2,1-5H3. The largest absolute Gasteiger partial charge is 0.512 e. The monoisotopic (exact) mass is 398 g/mol. The van der Waals surface area contributed by atoms with E-state index in [1.165, 1.54) is 0 Å². The second kappa shape index (κ2) is 7.36. The van der Waals surface area contributed by atoms with Gasteiger partial charge in [0.05, 0.1) is 7.11 Å². The Morgan fingerprint density at radius 2 is 1.34 bits per heavy atom. The Balaban J connectivity index is 2.24. The van der Waals surface area contributed by atoms with Gasteiger partial charge in [-0.3, -0.25) is 9.59 Å². The van der Waals surface area contributed by atoms with Crippen LogP contribution in [0.3, 0.4) is 0 Å². The molecule has 0 saturated carbocycles. The lowest BCUT2D eigenvalue weighted by atomic mass is 9.67. The Morgan fingerprint density at radius 1 is 0.862 bits per heavy atom. The molecule has 0 saturated heterocycles. The lowest BCUT2D eigenvalue weighted by molar-refractivity contribution is -0.119. The molecule has 0 atom stereocenters. The second-order valence-electron chi connectivity index (χ2n) is 9.81. The van der Waals surface area contributed by atoms with E-state index in [2.05, 4.69) is 0 Å². The zero-order chi connectivity index (χ0) is 21.6. The molecule has 3 rings (SSSR count). The molecular weight excluding hydrogens is 368 g/mol. The van der Waals surface area contributed by atoms with Gasteiger partial charge in [-0.15, -0.1) is 0 Å². The number of Topliss-reactive ketones (excluding diaryl/α,β-unsaturated/α-hetero) is 2. The first kappa shape index (κ1) is 21.2. The Morgan fingerprint density at radius 3 is 1.76 bits per heavy atom. The number of allylic oxidation sites excluding steroid dienone is 4. The number of carbonyl (C=O) groups is 2. The third-order valence-corrected chi connectivity index (χ3v) is 5.80. The van der Waals surface area contributed by atoms with Crippen LogP contribution in [0, 0.1) is 10.8 Å². The average molecular weight is 398 g/mol. The van der Waals surface area contributed by atoms with E-state index in [1.807, 2.05) is 27.7 Å². The first-order valence-corrected chi connectivity index (χ1v) is 9.98. The van der Waals surface area contributed by atoms with E-state index in [9.17, 15) is 19.8 Å². The predicted octanol–water partition coefficient (Wildman–Crippen LogP) is 5.18. The Labute approximate surface area is 172 Å². The lowest BCUT2D eigenvalue weighted by Gasteiger charge is -2.36. The number of ketones is 2. The van der Waals surface area contributed by atoms with E-state index in [0.717, 1.165) is 0 Å². The fourth-order valence-corrected chi connectivity index (χ4v) is 4.56. The van der Waals surface area contributed by atoms with Crippen LogP contribution in [0.1, 0.15) is 64.9 Å². The van der Waals surface area contributed by atoms with Crippen molar-refractivity contribution < 1.29 is 24.5 Å². The van der Waals surface area contributed by atoms with Crippen LogP contribution in [-0.4, -0.2) is 28.9 Å². The number of hydrogen-bond donors (Lipinski definition) is 2. The van der Waals surface area contributed by atoms with Crippen molar-refractivity contribution in [2.75, 3.05) is 7.11 Å². The summed E-state index contributed by atoms with van der Waals surface area (Å²) in [5, 5.41) is 21.7. The van der Waals surface area contributed by atoms with E-state index in [0.29, 0.717) is 24.2 Å². The van der Waals surface area contributed by atoms with Crippen molar-refractivity contribution in [3.05, 3.63) is 52.5 Å². The van der Waals surface area contributed by atoms with Crippen LogP contribution in [0.15, 0.2) is 46.9 Å². The molecular formula is C24H30O5. The maximum Gasteiger partial charge on any atom is 0.163 e. The maximum atomic E-state index is 13.1. The molecule has 2 N–H and O–H groups in total. The van der Waals surface area contributed by atoms with Crippen LogP contribution < -0.4 is 4.74 Å². The van der Waals surface area contributed by atoms with Gasteiger partial charge in [-0.1, -0.05) is 39.8 Å². The number of aliphatic hydroxyl groups is 2. The first-order chi connectivity index (χ1) is 13.4. The number of benzene rings is 1. The molecule has 0 unspecified atom stereocenters. The Kier molecular flexibility index (Phi) is 5.37. The second-order valence-corrected chi connectivity index (χ2v) is 9.81. The van der Waals surface area contributed by atoms with Crippen LogP contribution in [0.2, 0.25) is 0 Å². The Hall–Kier alpha value is -2.56. The molecule has 0 bridgehead atoms. The summed E-state index contributed by atoms with van der Waals surface area (Å²) in [6.45, 7) is 7.74. The van der Waals surface area contributed by atoms with Crippen LogP contribution in [0.5, 0.6) is 5.75 Å². The fraction of sp³-hybridized carbons (Fsp3) is 0.500. The number of ether oxygens (including phenoxy) is 1. The van der Waals surface area contributed by atoms with Crippen LogP contribution in [0.25, 0.3) is 0 Å². The molecule has 0 aromatic heterocycles. The van der Waals surface area contributed by atoms with Gasteiger partial charge < -0.3 is 14.9 Å². The van der Waals surface area contributed by atoms with E-state index < -0.39 is 5.92 Å². The molecule has 0 spiro atoms. The number of rotatable bonds is 4. The minimum Gasteiger partial charge on any atom is -0.512 e. The molecule has 0 fully saturated rings. The maximum absolute atomic E-state index is 13.1. The van der Waals surface area contributed by atoms with Gasteiger partial charge in [-0.05, 0) is 28.5 Å². The smallest absolute Gasteiger partial charge is 0.163 e. The van der Waals surface area contributed by atoms with Crippen molar-refractivity contribution in [3.63, 3.8) is 0 Å². The van der Waals surface area contributed by atoms with Gasteiger partial charge >= 0.3 is 0 Å². The minimum absolute atomic E-state index is 0.00277. The van der Waals surface area contributed by atoms with E-state index in [1.54, 1.807) is 31.4 Å². The number of aliphatic hydroxyl groups excluding tert-OH is 2. The summed E-state index contributed by atoms with van der Waals surface area (Å²) in [6.07, 6.45) is 1.26. The predicted molar refractivity (Wildman–Crippen MR) is 111 cm³/mol. The van der Waals surface area contributed by atoms with Crippen LogP contribution >= 0.6 is 0 Å². The molecule has 5 heteroatoms. The highest BCUT2D eigenvalue weighted by Gasteiger charge is 2.43. The SMILES string of the molecule is COc1cccc(C(C2=C(O)CC(C)(C)CC2=O)C2=C(O)CC(C)(C)CC2=O)c1. The molecule has 1 aromatic carbocycles. The van der Waals surface area contributed by atoms with E-state index >= 15 is 0 Å². The Bertz CT molecular complexity index is 865. The summed E-state index contributed by atoms with van der Waals surface area (Å²) in [5.74, 6) is -0.611. The third kappa shape index (κ3) is 4.24. The zero-order valence-electron chi connectivity index (χ0n) is 17.8. The summed E-state index contributed by atoms with van der Waals surface area (Å²) >= 11 is 0. The summed E-state index contributed by atoms with van der Waals surface area (Å²) in [4.78, 5) is 26.2. The number of hydrogen-bond acceptors (Lipinski definition) is 5. The molecule has 156 valence electrons. The minimum atomic E-state index is -0.808. The molecule has 29 heavy (non-hydrogen) atoms. The molecule has 0 radical (unpaired) electrons. The van der Waals surface area contributed by atoms with Gasteiger partial charge in [-0.25, -0.2) is 0 Å². The number of methoxy groups -OCH3 is 1. The normalized spacial score (nSPS) is 21.7. The molecule has 5 nitrogen and oxygen atoms in total. The third-order valence-electron chi connectivity index (χ3n) is 5.80. The molecule has 0 aliphatic heterocycles. The molecule has 2 aliphatic rings. The zero-order valence-corrected chi connectivity index (χ0v) is 17.8. The molecule has 0 amide bonds. The van der Waals surface area contributed by atoms with Crippen LogP contribution in [-0.2, 0) is 9.59 Å². The topological polar surface area (TPSA) is 83.8 Å². The van der Waals surface area contributed by atoms with Gasteiger partial charge in [0.15, 0.2) is 11.6 Å². The quantitative estimate of drug-likeness (QED) is 0.730. The van der Waals surface area contributed by atoms with Crippen molar-refractivity contribution in [2.45, 2.75) is 59.3 Å². The van der Waals surface area contributed by atoms with E-state index in [4.69, 9.17) is 4.74 Å². The summed E-state index contributed by atoms with van der Waals surface area (Å²) in [6, 6.07) is 7.12. The van der Waals surface area contributed by atoms with Gasteiger partial charge in [-0.2, -0.15) is 0 Å². The molecule has 2 aliphatic carbocycles. The summed E-state index contributed by atoms with van der Waals surface area (Å²) in [7, 11) is 1.55. The lowest BCUT2D eigenvalue weighted by Crippen LogP contribution is -2.33. The van der Waals surface area contributed by atoms with Gasteiger partial charge in [0.2, 0.25) is 0 Å². The van der Waals surface area contributed by atoms with Gasteiger partial charge in [0.25, 0.3) is 0 Å². The van der Waals surface area contributed by atoms with Crippen molar-refractivity contribution in [1.82, 2.24) is 0 Å². The molecule has 1 aromatic rings. The molecule has 0 heterocycles.